The molecule has 0 aromatic heterocycles. The lowest BCUT2D eigenvalue weighted by molar-refractivity contribution is -0.312. The molecule has 10 aliphatic carbocycles. The Bertz CT molecular complexity index is 2380. The zero-order valence-corrected chi connectivity index (χ0v) is 42.8. The quantitative estimate of drug-likeness (QED) is 0.194. The van der Waals surface area contributed by atoms with Gasteiger partial charge in [0.15, 0.2) is 23.0 Å². The Morgan fingerprint density at radius 1 is 0.588 bits per heavy atom. The molecule has 370 valence electrons. The number of rotatable bonds is 9. The van der Waals surface area contributed by atoms with Crippen LogP contribution in [0.25, 0.3) is 11.1 Å². The molecular weight excluding hydrogens is 853 g/mol. The van der Waals surface area contributed by atoms with Crippen LogP contribution in [0.15, 0.2) is 12.1 Å². The van der Waals surface area contributed by atoms with Gasteiger partial charge in [-0.1, -0.05) is 41.5 Å². The molecule has 4 spiro atoms. The van der Waals surface area contributed by atoms with Crippen molar-refractivity contribution < 1.29 is 39.4 Å². The number of ether oxygens (including phenoxy) is 4. The molecule has 8 bridgehead atoms. The van der Waals surface area contributed by atoms with Gasteiger partial charge in [0.25, 0.3) is 0 Å². The average Bonchev–Trinajstić information content (AvgIpc) is 4.22. The first kappa shape index (κ1) is 44.1. The lowest BCUT2D eigenvalue weighted by atomic mass is 9.33. The Kier molecular flexibility index (Phi) is 8.40. The van der Waals surface area contributed by atoms with E-state index in [0.717, 1.165) is 102 Å². The zero-order chi connectivity index (χ0) is 47.5. The van der Waals surface area contributed by atoms with Crippen LogP contribution in [0.1, 0.15) is 155 Å². The Morgan fingerprint density at radius 3 is 1.31 bits per heavy atom. The van der Waals surface area contributed by atoms with Crippen molar-refractivity contribution >= 4 is 0 Å². The van der Waals surface area contributed by atoms with Crippen LogP contribution in [0.4, 0.5) is 0 Å². The average molecular weight is 933 g/mol. The first-order valence-corrected chi connectivity index (χ1v) is 27.2. The van der Waals surface area contributed by atoms with Crippen molar-refractivity contribution in [3.05, 3.63) is 34.4 Å². The maximum Gasteiger partial charge on any atom is 0.166 e. The highest BCUT2D eigenvalue weighted by Crippen LogP contribution is 2.81. The molecule has 10 fully saturated rings. The number of hydrogen-bond acceptors (Lipinski definition) is 10. The predicted molar refractivity (Wildman–Crippen MR) is 259 cm³/mol. The maximum absolute atomic E-state index is 13.1. The van der Waals surface area contributed by atoms with Gasteiger partial charge < -0.3 is 39.4 Å². The number of phenolic OH excluding ortho intramolecular Hbond substituents is 2. The van der Waals surface area contributed by atoms with Gasteiger partial charge in [0, 0.05) is 95.1 Å². The molecular formula is C58H80N2O8. The summed E-state index contributed by atoms with van der Waals surface area (Å²) in [4.78, 5) is 5.67. The first-order chi connectivity index (χ1) is 32.0. The highest BCUT2D eigenvalue weighted by molar-refractivity contribution is 5.86. The fourth-order valence-electron chi connectivity index (χ4n) is 19.7. The molecule has 2 saturated heterocycles. The standard InChI is InChI=1S/C58H80N2O8/c1-49(2,3)51(7,63)37-27-53-15-17-57(37,65-9)47-55(53)19-21-59(29-31-11-12-31)39(53)25-33-23-35(43(61)45(67-47)41(33)55)36-24-34-26-40-54-16-18-58(66-10,38(28-54)52(8,64)50(4,5)6)48-56(54,42(34)46(68-48)44(36)62)20-22-60(40)30-32-13-14-32/h23-24,31-32,37-40,47-48,61-64H,11-22,25-30H2,1-10H3/t37-,38-,39-,40-,47-,48-,51+,52+,53-,54-,55+,56+,57?,58?/m1/s1. The van der Waals surface area contributed by atoms with Crippen LogP contribution in [-0.4, -0.2) is 117 Å². The van der Waals surface area contributed by atoms with E-state index < -0.39 is 33.2 Å². The highest BCUT2D eigenvalue weighted by Gasteiger charge is 2.84. The molecule has 10 heteroatoms. The van der Waals surface area contributed by atoms with Crippen LogP contribution in [0.2, 0.25) is 0 Å². The second-order valence-electron chi connectivity index (χ2n) is 28.0. The van der Waals surface area contributed by atoms with Crippen LogP contribution >= 0.6 is 0 Å². The molecule has 0 amide bonds. The van der Waals surface area contributed by atoms with Crippen molar-refractivity contribution in [3.63, 3.8) is 0 Å². The van der Waals surface area contributed by atoms with Crippen molar-refractivity contribution in [3.8, 4) is 34.1 Å². The molecule has 14 aliphatic rings. The highest BCUT2D eigenvalue weighted by atomic mass is 16.6. The zero-order valence-electron chi connectivity index (χ0n) is 42.8. The fraction of sp³-hybridized carbons (Fsp3) is 0.793. The van der Waals surface area contributed by atoms with E-state index in [9.17, 15) is 20.4 Å². The maximum atomic E-state index is 13.1. The van der Waals surface area contributed by atoms with Gasteiger partial charge in [-0.05, 0) is 163 Å². The molecule has 68 heavy (non-hydrogen) atoms. The number of aromatic hydroxyl groups is 2. The Morgan fingerprint density at radius 2 is 0.971 bits per heavy atom. The minimum Gasteiger partial charge on any atom is -0.504 e. The van der Waals surface area contributed by atoms with Gasteiger partial charge in [-0.25, -0.2) is 0 Å². The van der Waals surface area contributed by atoms with Crippen molar-refractivity contribution in [1.82, 2.24) is 9.80 Å². The van der Waals surface area contributed by atoms with Gasteiger partial charge in [0.05, 0.1) is 11.2 Å². The normalized spacial score (nSPS) is 44.2. The molecule has 0 radical (unpaired) electrons. The number of nitrogens with zero attached hydrogens (tertiary/aromatic N) is 2. The van der Waals surface area contributed by atoms with Gasteiger partial charge in [-0.2, -0.15) is 0 Å². The molecule has 2 aromatic rings. The number of hydrogen-bond donors (Lipinski definition) is 4. The number of benzene rings is 2. The third-order valence-corrected chi connectivity index (χ3v) is 24.2. The molecule has 10 nitrogen and oxygen atoms in total. The summed E-state index contributed by atoms with van der Waals surface area (Å²) in [5, 5.41) is 51.9. The molecule has 14 atom stereocenters. The number of phenols is 2. The van der Waals surface area contributed by atoms with Crippen molar-refractivity contribution in [2.45, 2.75) is 203 Å². The molecule has 8 saturated carbocycles. The summed E-state index contributed by atoms with van der Waals surface area (Å²) in [6, 6.07) is 5.00. The summed E-state index contributed by atoms with van der Waals surface area (Å²) in [6.07, 6.45) is 13.4. The molecule has 2 unspecified atom stereocenters. The number of fused-ring (bicyclic) bond motifs is 4. The first-order valence-electron chi connectivity index (χ1n) is 27.2. The molecule has 4 heterocycles. The predicted octanol–water partition coefficient (Wildman–Crippen LogP) is 8.81. The van der Waals surface area contributed by atoms with Gasteiger partial charge in [0.2, 0.25) is 0 Å². The van der Waals surface area contributed by atoms with Crippen LogP contribution in [0.5, 0.6) is 23.0 Å². The Hall–Kier alpha value is -2.60. The molecule has 2 aromatic carbocycles. The molecule has 4 N–H and O–H groups in total. The lowest BCUT2D eigenvalue weighted by Crippen LogP contribution is -2.83. The third-order valence-electron chi connectivity index (χ3n) is 24.2. The largest absolute Gasteiger partial charge is 0.504 e. The van der Waals surface area contributed by atoms with Gasteiger partial charge in [-0.15, -0.1) is 0 Å². The van der Waals surface area contributed by atoms with E-state index in [4.69, 9.17) is 18.9 Å². The van der Waals surface area contributed by atoms with Crippen molar-refractivity contribution in [2.75, 3.05) is 40.4 Å². The SMILES string of the molecule is COC12CC[C@@]3(C[C@@H]1[C@](C)(O)C(C)(C)C)[C@H]1Cc4cc(-c5cc6c7c(c5O)O[C@H]5C8(OC)CC[C@@]9(C[C@@H]8[C@](C)(O)C(C)(C)C)[C@@H](C6)N(CC6CC6)CC[C@]759)c(O)c5c4[C@@]3(CCN1CC1CC1)[C@H]2O5. The van der Waals surface area contributed by atoms with Crippen molar-refractivity contribution in [2.24, 2.45) is 45.3 Å². The summed E-state index contributed by atoms with van der Waals surface area (Å²) >= 11 is 0. The van der Waals surface area contributed by atoms with E-state index in [0.29, 0.717) is 22.6 Å². The van der Waals surface area contributed by atoms with Gasteiger partial charge in [0.1, 0.15) is 23.4 Å². The van der Waals surface area contributed by atoms with E-state index in [1.54, 1.807) is 0 Å². The Balaban J connectivity index is 0.957. The number of aliphatic hydroxyl groups is 2. The van der Waals surface area contributed by atoms with Gasteiger partial charge in [-0.3, -0.25) is 9.80 Å². The van der Waals surface area contributed by atoms with E-state index in [2.05, 4.69) is 63.5 Å². The van der Waals surface area contributed by atoms with Crippen LogP contribution in [0, 0.1) is 45.3 Å². The van der Waals surface area contributed by atoms with Gasteiger partial charge >= 0.3 is 0 Å². The van der Waals surface area contributed by atoms with Crippen LogP contribution in [0.3, 0.4) is 0 Å². The number of likely N-dealkylation sites (tertiary alicyclic amines) is 2. The molecule has 16 rings (SSSR count). The topological polar surface area (TPSA) is 124 Å². The smallest absolute Gasteiger partial charge is 0.166 e. The Labute approximate surface area is 404 Å². The summed E-state index contributed by atoms with van der Waals surface area (Å²) in [7, 11) is 3.68. The number of piperidine rings is 2. The van der Waals surface area contributed by atoms with E-state index in [1.807, 2.05) is 28.1 Å². The summed E-state index contributed by atoms with van der Waals surface area (Å²) in [5.41, 5.74) is 0.598. The minimum atomic E-state index is -1.04. The van der Waals surface area contributed by atoms with Crippen molar-refractivity contribution in [1.29, 1.82) is 0 Å². The lowest BCUT2D eigenvalue weighted by Gasteiger charge is -2.75. The van der Waals surface area contributed by atoms with E-state index in [1.165, 1.54) is 47.9 Å². The summed E-state index contributed by atoms with van der Waals surface area (Å²) in [5.74, 6) is 2.48. The monoisotopic (exact) mass is 933 g/mol. The second-order valence-corrected chi connectivity index (χ2v) is 28.0. The summed E-state index contributed by atoms with van der Waals surface area (Å²) < 4.78 is 28.8. The number of methoxy groups -OCH3 is 2. The van der Waals surface area contributed by atoms with Crippen LogP contribution < -0.4 is 9.47 Å². The minimum absolute atomic E-state index is 0.0971. The molecule has 4 aliphatic heterocycles. The van der Waals surface area contributed by atoms with E-state index >= 15 is 0 Å². The van der Waals surface area contributed by atoms with Crippen LogP contribution in [-0.2, 0) is 33.1 Å². The third kappa shape index (κ3) is 4.69. The second kappa shape index (κ2) is 12.9. The fourth-order valence-corrected chi connectivity index (χ4v) is 19.7. The van der Waals surface area contributed by atoms with E-state index in [-0.39, 0.29) is 69.3 Å². The summed E-state index contributed by atoms with van der Waals surface area (Å²) in [6.45, 7) is 21.3.